The van der Waals surface area contributed by atoms with E-state index < -0.39 is 0 Å². The molecule has 4 rings (SSSR count). The molecular formula is C20H18N4OS. The molecule has 0 aliphatic rings. The third-order valence-electron chi connectivity index (χ3n) is 4.11. The van der Waals surface area contributed by atoms with Crippen molar-refractivity contribution in [2.24, 2.45) is 0 Å². The van der Waals surface area contributed by atoms with Crippen LogP contribution in [0.2, 0.25) is 0 Å². The minimum atomic E-state index is 0.0334. The quantitative estimate of drug-likeness (QED) is 0.571. The van der Waals surface area contributed by atoms with Crippen LogP contribution in [0.1, 0.15) is 4.88 Å². The molecule has 3 heterocycles. The lowest BCUT2D eigenvalue weighted by molar-refractivity contribution is -0.120. The summed E-state index contributed by atoms with van der Waals surface area (Å²) in [6.07, 6.45) is 2.19. The van der Waals surface area contributed by atoms with E-state index in [1.165, 1.54) is 0 Å². The third-order valence-corrected chi connectivity index (χ3v) is 4.98. The number of hydrogen-bond acceptors (Lipinski definition) is 4. The van der Waals surface area contributed by atoms with E-state index in [1.54, 1.807) is 17.5 Å². The molecule has 5 nitrogen and oxygen atoms in total. The van der Waals surface area contributed by atoms with Crippen molar-refractivity contribution in [3.05, 3.63) is 71.1 Å². The summed E-state index contributed by atoms with van der Waals surface area (Å²) < 4.78 is 2.07. The Kier molecular flexibility index (Phi) is 4.75. The number of fused-ring (bicyclic) bond motifs is 1. The third kappa shape index (κ3) is 3.50. The Hall–Kier alpha value is -2.99. The molecule has 3 aromatic heterocycles. The van der Waals surface area contributed by atoms with Crippen molar-refractivity contribution in [3.63, 3.8) is 0 Å². The number of amides is 1. The van der Waals surface area contributed by atoms with Crippen LogP contribution in [0, 0.1) is 0 Å². The summed E-state index contributed by atoms with van der Waals surface area (Å²) in [6, 6.07) is 17.8. The van der Waals surface area contributed by atoms with E-state index in [0.29, 0.717) is 19.5 Å². The Bertz CT molecular complexity index is 1010. The number of hydrogen-bond donors (Lipinski definition) is 1. The van der Waals surface area contributed by atoms with E-state index in [2.05, 4.69) is 14.9 Å². The first-order valence-corrected chi connectivity index (χ1v) is 9.35. The number of carbonyl (C=O) groups excluding carboxylic acids is 1. The first-order chi connectivity index (χ1) is 12.8. The standard InChI is InChI=1S/C20H18N4OS/c25-18(14-16-8-5-13-26-16)21-11-12-24-19(15-6-2-1-3-7-15)23-17-9-4-10-22-20(17)24/h1-10,13H,11-12,14H2,(H,21,25). The van der Waals surface area contributed by atoms with Crippen molar-refractivity contribution in [3.8, 4) is 11.4 Å². The molecule has 0 fully saturated rings. The second-order valence-electron chi connectivity index (χ2n) is 5.91. The van der Waals surface area contributed by atoms with Crippen molar-refractivity contribution < 1.29 is 4.79 Å². The lowest BCUT2D eigenvalue weighted by Crippen LogP contribution is -2.28. The van der Waals surface area contributed by atoms with Gasteiger partial charge < -0.3 is 9.88 Å². The number of nitrogens with zero attached hydrogens (tertiary/aromatic N) is 3. The molecule has 0 saturated heterocycles. The van der Waals surface area contributed by atoms with Crippen LogP contribution in [0.15, 0.2) is 66.2 Å². The van der Waals surface area contributed by atoms with Gasteiger partial charge in [0.25, 0.3) is 0 Å². The second-order valence-corrected chi connectivity index (χ2v) is 6.94. The molecule has 0 spiro atoms. The van der Waals surface area contributed by atoms with Crippen LogP contribution in [0.25, 0.3) is 22.6 Å². The van der Waals surface area contributed by atoms with E-state index in [0.717, 1.165) is 27.4 Å². The Morgan fingerprint density at radius 3 is 2.77 bits per heavy atom. The van der Waals surface area contributed by atoms with Gasteiger partial charge in [0.1, 0.15) is 11.3 Å². The topological polar surface area (TPSA) is 59.8 Å². The molecule has 130 valence electrons. The Morgan fingerprint density at radius 1 is 1.08 bits per heavy atom. The minimum Gasteiger partial charge on any atom is -0.354 e. The van der Waals surface area contributed by atoms with Gasteiger partial charge in [-0.1, -0.05) is 36.4 Å². The number of rotatable bonds is 6. The Labute approximate surface area is 155 Å². The Morgan fingerprint density at radius 2 is 1.96 bits per heavy atom. The van der Waals surface area contributed by atoms with Crippen LogP contribution in [-0.4, -0.2) is 27.0 Å². The molecule has 0 aliphatic carbocycles. The second kappa shape index (κ2) is 7.49. The highest BCUT2D eigenvalue weighted by Crippen LogP contribution is 2.23. The summed E-state index contributed by atoms with van der Waals surface area (Å²) in [4.78, 5) is 22.4. The van der Waals surface area contributed by atoms with Gasteiger partial charge in [-0.25, -0.2) is 9.97 Å². The number of pyridine rings is 1. The maximum absolute atomic E-state index is 12.1. The van der Waals surface area contributed by atoms with Gasteiger partial charge in [0, 0.05) is 29.7 Å². The average molecular weight is 362 g/mol. The number of thiophene rings is 1. The monoisotopic (exact) mass is 362 g/mol. The van der Waals surface area contributed by atoms with Crippen molar-refractivity contribution >= 4 is 28.4 Å². The summed E-state index contributed by atoms with van der Waals surface area (Å²) >= 11 is 1.60. The highest BCUT2D eigenvalue weighted by molar-refractivity contribution is 7.10. The van der Waals surface area contributed by atoms with Gasteiger partial charge in [-0.3, -0.25) is 4.79 Å². The van der Waals surface area contributed by atoms with Gasteiger partial charge in [0.2, 0.25) is 5.91 Å². The van der Waals surface area contributed by atoms with Crippen molar-refractivity contribution in [2.75, 3.05) is 6.54 Å². The summed E-state index contributed by atoms with van der Waals surface area (Å²) in [6.45, 7) is 1.15. The lowest BCUT2D eigenvalue weighted by atomic mass is 10.2. The van der Waals surface area contributed by atoms with Crippen LogP contribution in [0.5, 0.6) is 0 Å². The van der Waals surface area contributed by atoms with Gasteiger partial charge >= 0.3 is 0 Å². The fraction of sp³-hybridized carbons (Fsp3) is 0.150. The zero-order chi connectivity index (χ0) is 17.8. The first-order valence-electron chi connectivity index (χ1n) is 8.47. The highest BCUT2D eigenvalue weighted by Gasteiger charge is 2.13. The van der Waals surface area contributed by atoms with Gasteiger partial charge in [-0.05, 0) is 23.6 Å². The number of benzene rings is 1. The van der Waals surface area contributed by atoms with E-state index in [9.17, 15) is 4.79 Å². The van der Waals surface area contributed by atoms with E-state index >= 15 is 0 Å². The lowest BCUT2D eigenvalue weighted by Gasteiger charge is -2.10. The molecule has 0 atom stereocenters. The molecule has 0 bridgehead atoms. The number of nitrogens with one attached hydrogen (secondary N) is 1. The maximum Gasteiger partial charge on any atom is 0.225 e. The average Bonchev–Trinajstić information content (AvgIpc) is 3.30. The summed E-state index contributed by atoms with van der Waals surface area (Å²) in [7, 11) is 0. The smallest absolute Gasteiger partial charge is 0.225 e. The van der Waals surface area contributed by atoms with Crippen molar-refractivity contribution in [1.82, 2.24) is 19.9 Å². The SMILES string of the molecule is O=C(Cc1cccs1)NCCn1c(-c2ccccc2)nc2cccnc21. The number of aromatic nitrogens is 3. The zero-order valence-electron chi connectivity index (χ0n) is 14.1. The van der Waals surface area contributed by atoms with Crippen LogP contribution in [0.4, 0.5) is 0 Å². The maximum atomic E-state index is 12.1. The molecule has 0 aliphatic heterocycles. The van der Waals surface area contributed by atoms with Gasteiger partial charge in [-0.2, -0.15) is 0 Å². The fourth-order valence-corrected chi connectivity index (χ4v) is 3.62. The summed E-state index contributed by atoms with van der Waals surface area (Å²) in [5.74, 6) is 0.901. The van der Waals surface area contributed by atoms with Crippen LogP contribution in [0.3, 0.4) is 0 Å². The molecule has 0 unspecified atom stereocenters. The van der Waals surface area contributed by atoms with Gasteiger partial charge in [0.05, 0.1) is 6.42 Å². The molecule has 1 amide bonds. The van der Waals surface area contributed by atoms with Crippen LogP contribution < -0.4 is 5.32 Å². The van der Waals surface area contributed by atoms with Gasteiger partial charge in [0.15, 0.2) is 5.65 Å². The van der Waals surface area contributed by atoms with Gasteiger partial charge in [-0.15, -0.1) is 11.3 Å². The fourth-order valence-electron chi connectivity index (χ4n) is 2.92. The highest BCUT2D eigenvalue weighted by atomic mass is 32.1. The van der Waals surface area contributed by atoms with Crippen LogP contribution in [-0.2, 0) is 17.8 Å². The normalized spacial score (nSPS) is 10.9. The van der Waals surface area contributed by atoms with Crippen LogP contribution >= 0.6 is 11.3 Å². The van der Waals surface area contributed by atoms with Crippen molar-refractivity contribution in [1.29, 1.82) is 0 Å². The van der Waals surface area contributed by atoms with E-state index in [4.69, 9.17) is 4.98 Å². The zero-order valence-corrected chi connectivity index (χ0v) is 14.9. The molecule has 26 heavy (non-hydrogen) atoms. The first kappa shape index (κ1) is 16.5. The van der Waals surface area contributed by atoms with Crippen molar-refractivity contribution in [2.45, 2.75) is 13.0 Å². The molecule has 4 aromatic rings. The summed E-state index contributed by atoms with van der Waals surface area (Å²) in [5, 5.41) is 4.98. The molecule has 0 radical (unpaired) electrons. The predicted octanol–water partition coefficient (Wildman–Crippen LogP) is 3.52. The van der Waals surface area contributed by atoms with E-state index in [-0.39, 0.29) is 5.91 Å². The predicted molar refractivity (Wildman–Crippen MR) is 104 cm³/mol. The molecule has 0 saturated carbocycles. The molecule has 1 N–H and O–H groups in total. The molecular weight excluding hydrogens is 344 g/mol. The number of imidazole rings is 1. The largest absolute Gasteiger partial charge is 0.354 e. The summed E-state index contributed by atoms with van der Waals surface area (Å²) in [5.41, 5.74) is 2.73. The molecule has 6 heteroatoms. The minimum absolute atomic E-state index is 0.0334. The van der Waals surface area contributed by atoms with E-state index in [1.807, 2.05) is 60.0 Å². The number of carbonyl (C=O) groups is 1. The molecule has 1 aromatic carbocycles. The Balaban J connectivity index is 1.53.